The molecule has 1 saturated carbocycles. The van der Waals surface area contributed by atoms with Gasteiger partial charge in [-0.2, -0.15) is 11.8 Å². The minimum atomic E-state index is 0.247. The van der Waals surface area contributed by atoms with Crippen LogP contribution in [-0.4, -0.2) is 42.1 Å². The lowest BCUT2D eigenvalue weighted by Crippen LogP contribution is -2.58. The molecular formula is C16H34N2S. The van der Waals surface area contributed by atoms with Gasteiger partial charge in [-0.25, -0.2) is 0 Å². The van der Waals surface area contributed by atoms with Gasteiger partial charge < -0.3 is 5.73 Å². The van der Waals surface area contributed by atoms with Gasteiger partial charge in [0.2, 0.25) is 0 Å². The van der Waals surface area contributed by atoms with Crippen LogP contribution in [0.2, 0.25) is 0 Å². The molecule has 1 unspecified atom stereocenters. The molecular weight excluding hydrogens is 252 g/mol. The van der Waals surface area contributed by atoms with E-state index in [0.29, 0.717) is 11.5 Å². The predicted octanol–water partition coefficient (Wildman–Crippen LogP) is 3.60. The Kier molecular flexibility index (Phi) is 6.22. The fourth-order valence-corrected chi connectivity index (χ4v) is 4.25. The summed E-state index contributed by atoms with van der Waals surface area (Å²) in [5.41, 5.74) is 6.87. The second kappa shape index (κ2) is 6.82. The molecule has 0 heterocycles. The molecule has 0 aromatic carbocycles. The summed E-state index contributed by atoms with van der Waals surface area (Å²) >= 11 is 1.93. The monoisotopic (exact) mass is 286 g/mol. The molecule has 0 radical (unpaired) electrons. The van der Waals surface area contributed by atoms with Crippen molar-refractivity contribution in [2.24, 2.45) is 17.1 Å². The largest absolute Gasteiger partial charge is 0.329 e. The minimum absolute atomic E-state index is 0.247. The summed E-state index contributed by atoms with van der Waals surface area (Å²) in [6.45, 7) is 10.3. The Balaban J connectivity index is 2.69. The molecule has 1 aliphatic rings. The first-order valence-electron chi connectivity index (χ1n) is 7.69. The normalized spacial score (nSPS) is 30.6. The highest BCUT2D eigenvalue weighted by Gasteiger charge is 2.41. The maximum absolute atomic E-state index is 6.18. The molecule has 0 amide bonds. The van der Waals surface area contributed by atoms with Gasteiger partial charge in [0.05, 0.1) is 0 Å². The van der Waals surface area contributed by atoms with Crippen molar-refractivity contribution in [2.45, 2.75) is 65.0 Å². The van der Waals surface area contributed by atoms with Gasteiger partial charge in [-0.05, 0) is 57.2 Å². The number of nitrogens with two attached hydrogens (primary N) is 1. The topological polar surface area (TPSA) is 29.3 Å². The quantitative estimate of drug-likeness (QED) is 0.837. The molecule has 0 saturated heterocycles. The second-order valence-corrected chi connectivity index (χ2v) is 8.39. The highest BCUT2D eigenvalue weighted by Crippen LogP contribution is 2.43. The maximum Gasteiger partial charge on any atom is 0.0332 e. The van der Waals surface area contributed by atoms with Crippen LogP contribution >= 0.6 is 11.8 Å². The van der Waals surface area contributed by atoms with Crippen LogP contribution in [0.4, 0.5) is 0 Å². The number of nitrogens with zero attached hydrogens (tertiary/aromatic N) is 1. The number of hydrogen-bond acceptors (Lipinski definition) is 3. The summed E-state index contributed by atoms with van der Waals surface area (Å²) < 4.78 is 0. The van der Waals surface area contributed by atoms with Crippen molar-refractivity contribution in [3.05, 3.63) is 0 Å². The fourth-order valence-electron chi connectivity index (χ4n) is 3.54. The van der Waals surface area contributed by atoms with Gasteiger partial charge in [0.15, 0.2) is 0 Å². The third kappa shape index (κ3) is 4.12. The Morgan fingerprint density at radius 2 is 1.84 bits per heavy atom. The van der Waals surface area contributed by atoms with Gasteiger partial charge in [-0.3, -0.25) is 4.90 Å². The Morgan fingerprint density at radius 3 is 2.21 bits per heavy atom. The third-order valence-electron chi connectivity index (χ3n) is 5.34. The van der Waals surface area contributed by atoms with Crippen molar-refractivity contribution in [3.63, 3.8) is 0 Å². The molecule has 0 aromatic rings. The van der Waals surface area contributed by atoms with Crippen LogP contribution in [0.1, 0.15) is 53.4 Å². The van der Waals surface area contributed by atoms with Crippen molar-refractivity contribution in [3.8, 4) is 0 Å². The Morgan fingerprint density at radius 1 is 1.32 bits per heavy atom. The molecule has 1 rings (SSSR count). The van der Waals surface area contributed by atoms with Crippen LogP contribution in [0.25, 0.3) is 0 Å². The molecule has 1 fully saturated rings. The zero-order chi connectivity index (χ0) is 14.7. The van der Waals surface area contributed by atoms with Crippen LogP contribution in [0, 0.1) is 11.3 Å². The molecule has 3 heteroatoms. The van der Waals surface area contributed by atoms with E-state index >= 15 is 0 Å². The van der Waals surface area contributed by atoms with Crippen molar-refractivity contribution < 1.29 is 0 Å². The Bertz CT molecular complexity index is 264. The lowest BCUT2D eigenvalue weighted by Gasteiger charge is -2.50. The van der Waals surface area contributed by atoms with Crippen molar-refractivity contribution >= 4 is 11.8 Å². The van der Waals surface area contributed by atoms with E-state index in [1.165, 1.54) is 31.4 Å². The summed E-state index contributed by atoms with van der Waals surface area (Å²) in [4.78, 5) is 2.57. The van der Waals surface area contributed by atoms with E-state index in [1.54, 1.807) is 0 Å². The lowest BCUT2D eigenvalue weighted by molar-refractivity contribution is 0.0214. The van der Waals surface area contributed by atoms with Crippen LogP contribution in [-0.2, 0) is 0 Å². The van der Waals surface area contributed by atoms with E-state index in [9.17, 15) is 0 Å². The zero-order valence-electron chi connectivity index (χ0n) is 13.8. The highest BCUT2D eigenvalue weighted by molar-refractivity contribution is 7.98. The summed E-state index contributed by atoms with van der Waals surface area (Å²) in [7, 11) is 2.28. The number of hydrogen-bond donors (Lipinski definition) is 1. The van der Waals surface area contributed by atoms with E-state index in [2.05, 4.69) is 45.9 Å². The first-order chi connectivity index (χ1) is 8.77. The smallest absolute Gasteiger partial charge is 0.0332 e. The van der Waals surface area contributed by atoms with Crippen LogP contribution in [0.3, 0.4) is 0 Å². The van der Waals surface area contributed by atoms with Crippen LogP contribution in [0.15, 0.2) is 0 Å². The van der Waals surface area contributed by atoms with Gasteiger partial charge in [-0.1, -0.05) is 20.8 Å². The second-order valence-electron chi connectivity index (χ2n) is 7.48. The molecule has 0 aliphatic heterocycles. The van der Waals surface area contributed by atoms with Crippen LogP contribution in [0.5, 0.6) is 0 Å². The third-order valence-corrected chi connectivity index (χ3v) is 6.15. The molecule has 2 nitrogen and oxygen atoms in total. The molecule has 114 valence electrons. The summed E-state index contributed by atoms with van der Waals surface area (Å²) in [5, 5.41) is 0. The molecule has 0 bridgehead atoms. The SMILES string of the molecule is CSCC(C)N(C)C1(CN)CCC(C(C)(C)C)CC1. The lowest BCUT2D eigenvalue weighted by atomic mass is 9.66. The highest BCUT2D eigenvalue weighted by atomic mass is 32.2. The van der Waals surface area contributed by atoms with E-state index in [1.807, 2.05) is 11.8 Å². The first kappa shape index (κ1) is 17.3. The van der Waals surface area contributed by atoms with Gasteiger partial charge in [0, 0.05) is 23.9 Å². The van der Waals surface area contributed by atoms with Gasteiger partial charge in [-0.15, -0.1) is 0 Å². The van der Waals surface area contributed by atoms with Crippen molar-refractivity contribution in [2.75, 3.05) is 25.6 Å². The molecule has 1 atom stereocenters. The van der Waals surface area contributed by atoms with Gasteiger partial charge in [0.1, 0.15) is 0 Å². The molecule has 1 aliphatic carbocycles. The van der Waals surface area contributed by atoms with Crippen molar-refractivity contribution in [1.29, 1.82) is 0 Å². The Hall–Kier alpha value is 0.270. The fraction of sp³-hybridized carbons (Fsp3) is 1.00. The molecule has 0 spiro atoms. The molecule has 2 N–H and O–H groups in total. The van der Waals surface area contributed by atoms with E-state index in [4.69, 9.17) is 5.73 Å². The van der Waals surface area contributed by atoms with Gasteiger partial charge in [0.25, 0.3) is 0 Å². The minimum Gasteiger partial charge on any atom is -0.329 e. The Labute approximate surface area is 124 Å². The van der Waals surface area contributed by atoms with Crippen molar-refractivity contribution in [1.82, 2.24) is 4.90 Å². The predicted molar refractivity (Wildman–Crippen MR) is 88.8 cm³/mol. The molecule has 0 aromatic heterocycles. The standard InChI is InChI=1S/C16H34N2S/c1-13(11-19-6)18(5)16(12-17)9-7-14(8-10-16)15(2,3)4/h13-14H,7-12,17H2,1-6H3. The zero-order valence-corrected chi connectivity index (χ0v) is 14.6. The first-order valence-corrected chi connectivity index (χ1v) is 9.08. The van der Waals surface area contributed by atoms with E-state index in [-0.39, 0.29) is 5.54 Å². The summed E-state index contributed by atoms with van der Waals surface area (Å²) in [6, 6.07) is 0.615. The molecule has 19 heavy (non-hydrogen) atoms. The average molecular weight is 287 g/mol. The number of thioether (sulfide) groups is 1. The van der Waals surface area contributed by atoms with Gasteiger partial charge >= 0.3 is 0 Å². The average Bonchev–Trinajstić information content (AvgIpc) is 2.37. The maximum atomic E-state index is 6.18. The number of likely N-dealkylation sites (N-methyl/N-ethyl adjacent to an activating group) is 1. The number of rotatable bonds is 5. The van der Waals surface area contributed by atoms with E-state index in [0.717, 1.165) is 12.5 Å². The van der Waals surface area contributed by atoms with Crippen LogP contribution < -0.4 is 5.73 Å². The summed E-state index contributed by atoms with van der Waals surface area (Å²) in [5.74, 6) is 2.05. The summed E-state index contributed by atoms with van der Waals surface area (Å²) in [6.07, 6.45) is 7.38. The van der Waals surface area contributed by atoms with E-state index < -0.39 is 0 Å².